The van der Waals surface area contributed by atoms with E-state index in [2.05, 4.69) is 24.9 Å². The van der Waals surface area contributed by atoms with E-state index in [1.807, 2.05) is 0 Å². The van der Waals surface area contributed by atoms with Crippen LogP contribution in [0, 0.1) is 0 Å². The first kappa shape index (κ1) is 8.97. The number of ether oxygens (including phenoxy) is 2. The van der Waals surface area contributed by atoms with Gasteiger partial charge in [0.15, 0.2) is 0 Å². The summed E-state index contributed by atoms with van der Waals surface area (Å²) in [4.78, 5) is 0. The minimum atomic E-state index is -0.514. The highest BCUT2D eigenvalue weighted by Crippen LogP contribution is 2.07. The molecule has 0 N–H and O–H groups in total. The zero-order valence-corrected chi connectivity index (χ0v) is 8.40. The Kier molecular flexibility index (Phi) is 3.83. The molecule has 1 aliphatic rings. The molecule has 0 aromatic heterocycles. The summed E-state index contributed by atoms with van der Waals surface area (Å²) >= 11 is 0. The molecule has 64 valence electrons. The van der Waals surface area contributed by atoms with E-state index in [1.165, 1.54) is 0 Å². The van der Waals surface area contributed by atoms with Gasteiger partial charge in [0.1, 0.15) is 6.10 Å². The van der Waals surface area contributed by atoms with Gasteiger partial charge in [-0.2, -0.15) is 0 Å². The van der Waals surface area contributed by atoms with Gasteiger partial charge in [0.05, 0.1) is 28.6 Å². The molecular formula is C8H16O2Si. The van der Waals surface area contributed by atoms with Gasteiger partial charge in [-0.05, 0) is 0 Å². The molecule has 1 unspecified atom stereocenters. The lowest BCUT2D eigenvalue weighted by molar-refractivity contribution is 0.141. The number of rotatable bonds is 5. The fourth-order valence-corrected chi connectivity index (χ4v) is 1.41. The van der Waals surface area contributed by atoms with Crippen LogP contribution >= 0.6 is 0 Å². The first-order valence-corrected chi connectivity index (χ1v) is 7.12. The van der Waals surface area contributed by atoms with Crippen molar-refractivity contribution in [1.29, 1.82) is 0 Å². The fourth-order valence-electron chi connectivity index (χ4n) is 0.760. The summed E-state index contributed by atoms with van der Waals surface area (Å²) in [6.45, 7) is 7.00. The number of hydrogen-bond acceptors (Lipinski definition) is 2. The molecule has 2 nitrogen and oxygen atoms in total. The maximum atomic E-state index is 5.32. The Labute approximate surface area is 69.8 Å². The van der Waals surface area contributed by atoms with Gasteiger partial charge < -0.3 is 9.47 Å². The van der Waals surface area contributed by atoms with Crippen LogP contribution in [0.2, 0.25) is 13.1 Å². The van der Waals surface area contributed by atoms with Crippen LogP contribution in [-0.2, 0) is 9.47 Å². The van der Waals surface area contributed by atoms with Gasteiger partial charge in [-0.15, -0.1) is 0 Å². The van der Waals surface area contributed by atoms with E-state index in [0.29, 0.717) is 6.10 Å². The van der Waals surface area contributed by atoms with E-state index in [0.717, 1.165) is 19.8 Å². The largest absolute Gasteiger partial charge is 0.375 e. The summed E-state index contributed by atoms with van der Waals surface area (Å²) in [5.74, 6) is 0. The van der Waals surface area contributed by atoms with Gasteiger partial charge in [0.25, 0.3) is 0 Å². The monoisotopic (exact) mass is 172 g/mol. The predicted octanol–water partition coefficient (Wildman–Crippen LogP) is 0.984. The molecule has 0 aliphatic carbocycles. The van der Waals surface area contributed by atoms with Crippen molar-refractivity contribution in [3.63, 3.8) is 0 Å². The molecular weight excluding hydrogens is 156 g/mol. The second-order valence-electron chi connectivity index (χ2n) is 3.16. The summed E-state index contributed by atoms with van der Waals surface area (Å²) in [6.07, 6.45) is 2.53. The van der Waals surface area contributed by atoms with Crippen LogP contribution in [-0.4, -0.2) is 34.7 Å². The second-order valence-corrected chi connectivity index (χ2v) is 6.04. The van der Waals surface area contributed by atoms with Crippen LogP contribution < -0.4 is 0 Å². The number of hydrogen-bond donors (Lipinski definition) is 0. The van der Waals surface area contributed by atoms with Gasteiger partial charge in [-0.1, -0.05) is 24.9 Å². The summed E-state index contributed by atoms with van der Waals surface area (Å²) in [5, 5.41) is 0. The molecule has 0 aromatic carbocycles. The van der Waals surface area contributed by atoms with Gasteiger partial charge in [-0.3, -0.25) is 0 Å². The normalized spacial score (nSPS) is 23.4. The predicted molar refractivity (Wildman–Crippen MR) is 48.6 cm³/mol. The maximum absolute atomic E-state index is 5.32. The maximum Gasteiger partial charge on any atom is 0.104 e. The van der Waals surface area contributed by atoms with Crippen LogP contribution in [0.1, 0.15) is 0 Å². The standard InChI is InChI=1S/C8H16O2Si/c1-11(2)5-3-4-9-6-8-7-10-8/h3,5,8,11H,4,6-7H2,1-2H3. The van der Waals surface area contributed by atoms with E-state index in [9.17, 15) is 0 Å². The van der Waals surface area contributed by atoms with E-state index in [1.54, 1.807) is 0 Å². The van der Waals surface area contributed by atoms with Crippen molar-refractivity contribution in [1.82, 2.24) is 0 Å². The molecule has 1 rings (SSSR count). The van der Waals surface area contributed by atoms with Gasteiger partial charge in [0, 0.05) is 0 Å². The topological polar surface area (TPSA) is 21.8 Å². The van der Waals surface area contributed by atoms with E-state index in [4.69, 9.17) is 9.47 Å². The van der Waals surface area contributed by atoms with Crippen molar-refractivity contribution in [3.05, 3.63) is 11.8 Å². The van der Waals surface area contributed by atoms with E-state index >= 15 is 0 Å². The van der Waals surface area contributed by atoms with Crippen molar-refractivity contribution in [2.75, 3.05) is 19.8 Å². The number of epoxide rings is 1. The summed E-state index contributed by atoms with van der Waals surface area (Å²) in [6, 6.07) is 0. The van der Waals surface area contributed by atoms with Crippen LogP contribution in [0.15, 0.2) is 11.8 Å². The van der Waals surface area contributed by atoms with Crippen molar-refractivity contribution in [2.24, 2.45) is 0 Å². The lowest BCUT2D eigenvalue weighted by atomic mass is 10.5. The molecule has 1 saturated heterocycles. The zero-order chi connectivity index (χ0) is 8.10. The van der Waals surface area contributed by atoms with Crippen molar-refractivity contribution in [2.45, 2.75) is 19.2 Å². The third kappa shape index (κ3) is 5.18. The average Bonchev–Trinajstić information content (AvgIpc) is 2.70. The molecule has 0 radical (unpaired) electrons. The first-order valence-electron chi connectivity index (χ1n) is 4.15. The highest BCUT2D eigenvalue weighted by Gasteiger charge is 2.21. The summed E-state index contributed by atoms with van der Waals surface area (Å²) < 4.78 is 10.3. The lowest BCUT2D eigenvalue weighted by Crippen LogP contribution is -2.01. The van der Waals surface area contributed by atoms with E-state index in [-0.39, 0.29) is 0 Å². The molecule has 0 aromatic rings. The smallest absolute Gasteiger partial charge is 0.104 e. The van der Waals surface area contributed by atoms with Gasteiger partial charge in [0.2, 0.25) is 0 Å². The average molecular weight is 172 g/mol. The quantitative estimate of drug-likeness (QED) is 0.350. The third-order valence-corrected chi connectivity index (χ3v) is 2.48. The SMILES string of the molecule is C[SiH](C)C=CCOCC1CO1. The van der Waals surface area contributed by atoms with Gasteiger partial charge in [-0.25, -0.2) is 0 Å². The Morgan fingerprint density at radius 3 is 2.91 bits per heavy atom. The minimum absolute atomic E-state index is 0.402. The highest BCUT2D eigenvalue weighted by molar-refractivity contribution is 6.61. The lowest BCUT2D eigenvalue weighted by Gasteiger charge is -1.96. The molecule has 1 aliphatic heterocycles. The Morgan fingerprint density at radius 2 is 2.36 bits per heavy atom. The molecule has 11 heavy (non-hydrogen) atoms. The molecule has 1 fully saturated rings. The zero-order valence-electron chi connectivity index (χ0n) is 7.25. The molecule has 0 saturated carbocycles. The Bertz CT molecular complexity index is 130. The molecule has 0 amide bonds. The van der Waals surface area contributed by atoms with Crippen LogP contribution in [0.25, 0.3) is 0 Å². The minimum Gasteiger partial charge on any atom is -0.375 e. The van der Waals surface area contributed by atoms with Crippen molar-refractivity contribution in [3.8, 4) is 0 Å². The van der Waals surface area contributed by atoms with Crippen LogP contribution in [0.4, 0.5) is 0 Å². The summed E-state index contributed by atoms with van der Waals surface area (Å²) in [5.41, 5.74) is 2.29. The Morgan fingerprint density at radius 1 is 1.64 bits per heavy atom. The summed E-state index contributed by atoms with van der Waals surface area (Å²) in [7, 11) is -0.514. The Hall–Kier alpha value is -0.123. The molecule has 0 bridgehead atoms. The highest BCUT2D eigenvalue weighted by atomic mass is 28.3. The van der Waals surface area contributed by atoms with Crippen molar-refractivity contribution < 1.29 is 9.47 Å². The molecule has 3 heteroatoms. The Balaban J connectivity index is 1.86. The molecule has 0 spiro atoms. The third-order valence-electron chi connectivity index (χ3n) is 1.44. The second kappa shape index (κ2) is 4.69. The fraction of sp³-hybridized carbons (Fsp3) is 0.750. The van der Waals surface area contributed by atoms with Gasteiger partial charge >= 0.3 is 0 Å². The van der Waals surface area contributed by atoms with Crippen LogP contribution in [0.5, 0.6) is 0 Å². The van der Waals surface area contributed by atoms with E-state index < -0.39 is 8.80 Å². The van der Waals surface area contributed by atoms with Crippen LogP contribution in [0.3, 0.4) is 0 Å². The van der Waals surface area contributed by atoms with Crippen molar-refractivity contribution >= 4 is 8.80 Å². The first-order chi connectivity index (χ1) is 5.29. The molecule has 1 heterocycles. The molecule has 1 atom stereocenters.